The zero-order valence-corrected chi connectivity index (χ0v) is 18.2. The number of amides is 1. The summed E-state index contributed by atoms with van der Waals surface area (Å²) in [5, 5.41) is 2.96. The lowest BCUT2D eigenvalue weighted by Crippen LogP contribution is -2.32. The molecule has 1 atom stereocenters. The monoisotopic (exact) mass is 442 g/mol. The third kappa shape index (κ3) is 4.24. The molecule has 1 amide bonds. The highest BCUT2D eigenvalue weighted by Gasteiger charge is 2.18. The van der Waals surface area contributed by atoms with Gasteiger partial charge in [0.15, 0.2) is 0 Å². The van der Waals surface area contributed by atoms with Gasteiger partial charge in [-0.1, -0.05) is 12.1 Å². The van der Waals surface area contributed by atoms with Gasteiger partial charge in [-0.3, -0.25) is 14.1 Å². The quantitative estimate of drug-likeness (QED) is 0.492. The lowest BCUT2D eigenvalue weighted by Gasteiger charge is -2.27. The van der Waals surface area contributed by atoms with Gasteiger partial charge in [0.25, 0.3) is 5.91 Å². The van der Waals surface area contributed by atoms with E-state index in [1.807, 2.05) is 65.0 Å². The number of fused-ring (bicyclic) bond motifs is 1. The van der Waals surface area contributed by atoms with Crippen molar-refractivity contribution in [2.24, 2.45) is 0 Å². The minimum atomic E-state index is -0.985. The Morgan fingerprint density at radius 3 is 2.66 bits per heavy atom. The molecule has 1 N–H and O–H groups in total. The summed E-state index contributed by atoms with van der Waals surface area (Å²) in [6, 6.07) is 22.6. The number of carbonyl (C=O) groups is 1. The van der Waals surface area contributed by atoms with E-state index in [-0.39, 0.29) is 5.91 Å². The molecule has 1 fully saturated rings. The minimum Gasteiger partial charge on any atom is -0.322 e. The Morgan fingerprint density at radius 2 is 1.81 bits per heavy atom. The van der Waals surface area contributed by atoms with Gasteiger partial charge in [-0.2, -0.15) is 0 Å². The van der Waals surface area contributed by atoms with Crippen LogP contribution in [0.5, 0.6) is 0 Å². The smallest absolute Gasteiger partial charge is 0.255 e. The van der Waals surface area contributed by atoms with Crippen LogP contribution in [0.4, 0.5) is 11.4 Å². The van der Waals surface area contributed by atoms with Gasteiger partial charge in [0.05, 0.1) is 16.7 Å². The SMILES string of the molecule is O=C(Nc1cccc(-c2ccc3ncccc3n2)c1)c1ccc(N2CCCCS2=O)cc1. The van der Waals surface area contributed by atoms with Crippen LogP contribution in [0.3, 0.4) is 0 Å². The zero-order valence-electron chi connectivity index (χ0n) is 17.4. The van der Waals surface area contributed by atoms with E-state index in [1.54, 1.807) is 18.3 Å². The lowest BCUT2D eigenvalue weighted by molar-refractivity contribution is 0.102. The highest BCUT2D eigenvalue weighted by Crippen LogP contribution is 2.24. The molecule has 32 heavy (non-hydrogen) atoms. The normalized spacial score (nSPS) is 16.1. The molecule has 0 saturated carbocycles. The van der Waals surface area contributed by atoms with Crippen LogP contribution in [-0.4, -0.2) is 32.4 Å². The number of anilines is 2. The Bertz CT molecular complexity index is 1310. The summed E-state index contributed by atoms with van der Waals surface area (Å²) in [7, 11) is -0.985. The predicted octanol–water partition coefficient (Wildman–Crippen LogP) is 4.81. The summed E-state index contributed by atoms with van der Waals surface area (Å²) in [5.41, 5.74) is 5.54. The molecule has 5 rings (SSSR count). The summed E-state index contributed by atoms with van der Waals surface area (Å²) in [4.78, 5) is 21.8. The van der Waals surface area contributed by atoms with Gasteiger partial charge in [-0.15, -0.1) is 0 Å². The van der Waals surface area contributed by atoms with Crippen LogP contribution < -0.4 is 9.62 Å². The second-order valence-corrected chi connectivity index (χ2v) is 9.15. The van der Waals surface area contributed by atoms with Crippen LogP contribution in [0.15, 0.2) is 79.0 Å². The zero-order chi connectivity index (χ0) is 21.9. The highest BCUT2D eigenvalue weighted by atomic mass is 32.2. The van der Waals surface area contributed by atoms with E-state index in [1.165, 1.54) is 0 Å². The van der Waals surface area contributed by atoms with Crippen molar-refractivity contribution in [2.45, 2.75) is 12.8 Å². The lowest BCUT2D eigenvalue weighted by atomic mass is 10.1. The Kier molecular flexibility index (Phi) is 5.64. The van der Waals surface area contributed by atoms with Crippen LogP contribution in [-0.2, 0) is 11.0 Å². The van der Waals surface area contributed by atoms with E-state index in [4.69, 9.17) is 0 Å². The van der Waals surface area contributed by atoms with Gasteiger partial charge < -0.3 is 5.32 Å². The largest absolute Gasteiger partial charge is 0.322 e. The van der Waals surface area contributed by atoms with Crippen LogP contribution in [0.1, 0.15) is 23.2 Å². The minimum absolute atomic E-state index is 0.191. The van der Waals surface area contributed by atoms with Gasteiger partial charge in [0, 0.05) is 41.0 Å². The maximum Gasteiger partial charge on any atom is 0.255 e. The molecule has 2 aromatic carbocycles. The van der Waals surface area contributed by atoms with Gasteiger partial charge in [-0.05, 0) is 73.5 Å². The number of nitrogens with one attached hydrogen (secondary N) is 1. The van der Waals surface area contributed by atoms with Crippen molar-refractivity contribution in [2.75, 3.05) is 21.9 Å². The van der Waals surface area contributed by atoms with E-state index in [2.05, 4.69) is 15.3 Å². The number of benzene rings is 2. The topological polar surface area (TPSA) is 75.2 Å². The fourth-order valence-corrected chi connectivity index (χ4v) is 5.16. The van der Waals surface area contributed by atoms with Crippen molar-refractivity contribution in [1.29, 1.82) is 0 Å². The predicted molar refractivity (Wildman–Crippen MR) is 129 cm³/mol. The standard InChI is InChI=1S/C25H22N4O2S/c30-25(18-8-10-21(11-9-18)29-15-1-2-16-32(29)31)27-20-6-3-5-19(17-20)22-12-13-23-24(28-22)7-4-14-26-23/h3-14,17H,1-2,15-16H2,(H,27,30). The Labute approximate surface area is 188 Å². The molecular weight excluding hydrogens is 420 g/mol. The molecule has 0 spiro atoms. The molecule has 0 aliphatic carbocycles. The molecular formula is C25H22N4O2S. The maximum absolute atomic E-state index is 12.8. The second-order valence-electron chi connectivity index (χ2n) is 7.65. The summed E-state index contributed by atoms with van der Waals surface area (Å²) >= 11 is 0. The van der Waals surface area contributed by atoms with Crippen molar-refractivity contribution < 1.29 is 9.00 Å². The highest BCUT2D eigenvalue weighted by molar-refractivity contribution is 7.86. The van der Waals surface area contributed by atoms with E-state index < -0.39 is 11.0 Å². The van der Waals surface area contributed by atoms with Crippen molar-refractivity contribution >= 4 is 39.3 Å². The Morgan fingerprint density at radius 1 is 0.938 bits per heavy atom. The van der Waals surface area contributed by atoms with E-state index in [9.17, 15) is 9.00 Å². The van der Waals surface area contributed by atoms with Crippen molar-refractivity contribution in [3.8, 4) is 11.3 Å². The van der Waals surface area contributed by atoms with Gasteiger partial charge in [0.1, 0.15) is 11.0 Å². The van der Waals surface area contributed by atoms with Crippen LogP contribution in [0.2, 0.25) is 0 Å². The summed E-state index contributed by atoms with van der Waals surface area (Å²) < 4.78 is 14.1. The fraction of sp³-hybridized carbons (Fsp3) is 0.160. The summed E-state index contributed by atoms with van der Waals surface area (Å²) in [6.07, 6.45) is 3.78. The van der Waals surface area contributed by atoms with Crippen LogP contribution >= 0.6 is 0 Å². The van der Waals surface area contributed by atoms with Crippen LogP contribution in [0.25, 0.3) is 22.3 Å². The Balaban J connectivity index is 1.32. The molecule has 7 heteroatoms. The third-order valence-corrected chi connectivity index (χ3v) is 6.99. The number of nitrogens with zero attached hydrogens (tertiary/aromatic N) is 3. The Hall–Kier alpha value is -3.58. The van der Waals surface area contributed by atoms with Crippen molar-refractivity contribution in [1.82, 2.24) is 9.97 Å². The summed E-state index contributed by atoms with van der Waals surface area (Å²) in [6.45, 7) is 0.782. The first-order valence-corrected chi connectivity index (χ1v) is 11.8. The number of hydrogen-bond donors (Lipinski definition) is 1. The average Bonchev–Trinajstić information content (AvgIpc) is 2.84. The second kappa shape index (κ2) is 8.88. The van der Waals surface area contributed by atoms with Crippen molar-refractivity contribution in [3.63, 3.8) is 0 Å². The molecule has 160 valence electrons. The molecule has 1 aliphatic heterocycles. The molecule has 1 aliphatic rings. The molecule has 0 bridgehead atoms. The van der Waals surface area contributed by atoms with Gasteiger partial charge in [0.2, 0.25) is 0 Å². The first-order valence-electron chi connectivity index (χ1n) is 10.6. The average molecular weight is 443 g/mol. The number of carbonyl (C=O) groups excluding carboxylic acids is 1. The molecule has 6 nitrogen and oxygen atoms in total. The molecule has 1 saturated heterocycles. The number of pyridine rings is 2. The van der Waals surface area contributed by atoms with Gasteiger partial charge >= 0.3 is 0 Å². The molecule has 4 aromatic rings. The first-order chi connectivity index (χ1) is 15.7. The molecule has 1 unspecified atom stereocenters. The fourth-order valence-electron chi connectivity index (χ4n) is 3.80. The van der Waals surface area contributed by atoms with Crippen LogP contribution in [0, 0.1) is 0 Å². The number of hydrogen-bond acceptors (Lipinski definition) is 4. The van der Waals surface area contributed by atoms with E-state index >= 15 is 0 Å². The summed E-state index contributed by atoms with van der Waals surface area (Å²) in [5.74, 6) is 0.505. The number of rotatable bonds is 4. The van der Waals surface area contributed by atoms with E-state index in [0.29, 0.717) is 17.0 Å². The molecule has 3 heterocycles. The molecule has 2 aromatic heterocycles. The molecule has 0 radical (unpaired) electrons. The first kappa shape index (κ1) is 20.3. The van der Waals surface area contributed by atoms with E-state index in [0.717, 1.165) is 47.4 Å². The maximum atomic E-state index is 12.8. The third-order valence-electron chi connectivity index (χ3n) is 5.47. The number of aromatic nitrogens is 2. The van der Waals surface area contributed by atoms with Crippen molar-refractivity contribution in [3.05, 3.63) is 84.6 Å². The van der Waals surface area contributed by atoms with Gasteiger partial charge in [-0.25, -0.2) is 9.19 Å².